The van der Waals surface area contributed by atoms with E-state index in [2.05, 4.69) is 53.6 Å². The predicted octanol–water partition coefficient (Wildman–Crippen LogP) is 5.51. The van der Waals surface area contributed by atoms with Gasteiger partial charge in [0, 0.05) is 33.9 Å². The average Bonchev–Trinajstić information content (AvgIpc) is 3.17. The van der Waals surface area contributed by atoms with Crippen molar-refractivity contribution in [3.8, 4) is 11.1 Å². The lowest BCUT2D eigenvalue weighted by atomic mass is 9.91. The van der Waals surface area contributed by atoms with E-state index >= 15 is 0 Å². The zero-order valence-electron chi connectivity index (χ0n) is 18.0. The van der Waals surface area contributed by atoms with Crippen LogP contribution < -0.4 is 5.32 Å². The highest BCUT2D eigenvalue weighted by atomic mass is 16.1. The number of carbonyl (C=O) groups is 1. The zero-order chi connectivity index (χ0) is 21.4. The van der Waals surface area contributed by atoms with Crippen LogP contribution in [0.5, 0.6) is 0 Å². The second kappa shape index (κ2) is 8.05. The molecular formula is C27H27N3O. The molecule has 1 heterocycles. The number of carbonyl (C=O) groups excluding carboxylic acids is 1. The van der Waals surface area contributed by atoms with Crippen molar-refractivity contribution in [3.05, 3.63) is 89.6 Å². The first-order valence-corrected chi connectivity index (χ1v) is 10.9. The molecule has 0 saturated carbocycles. The van der Waals surface area contributed by atoms with Gasteiger partial charge in [-0.05, 0) is 80.4 Å². The molecule has 4 nitrogen and oxygen atoms in total. The number of H-pyrrole nitrogens is 1. The van der Waals surface area contributed by atoms with Crippen molar-refractivity contribution < 1.29 is 4.79 Å². The summed E-state index contributed by atoms with van der Waals surface area (Å²) in [5, 5.41) is 4.30. The number of nitrogens with one attached hydrogen (secondary N) is 2. The Bertz CT molecular complexity index is 1220. The first kappa shape index (κ1) is 19.6. The summed E-state index contributed by atoms with van der Waals surface area (Å²) in [6.07, 6.45) is 3.29. The van der Waals surface area contributed by atoms with Crippen LogP contribution in [0.4, 0.5) is 5.69 Å². The van der Waals surface area contributed by atoms with Gasteiger partial charge in [-0.15, -0.1) is 0 Å². The van der Waals surface area contributed by atoms with Crippen molar-refractivity contribution in [1.29, 1.82) is 0 Å². The van der Waals surface area contributed by atoms with Gasteiger partial charge in [0.1, 0.15) is 0 Å². The summed E-state index contributed by atoms with van der Waals surface area (Å²) < 4.78 is 0. The fraction of sp³-hybridized carbons (Fsp3) is 0.222. The number of aromatic amines is 1. The first-order valence-electron chi connectivity index (χ1n) is 10.9. The number of benzene rings is 3. The molecule has 1 aromatic heterocycles. The van der Waals surface area contributed by atoms with Crippen molar-refractivity contribution in [1.82, 2.24) is 9.88 Å². The molecule has 0 saturated heterocycles. The van der Waals surface area contributed by atoms with Crippen LogP contribution in [0.15, 0.2) is 72.8 Å². The Morgan fingerprint density at radius 1 is 0.968 bits per heavy atom. The molecule has 4 aromatic rings. The van der Waals surface area contributed by atoms with Gasteiger partial charge < -0.3 is 15.2 Å². The number of aryl methyl sites for hydroxylation is 1. The summed E-state index contributed by atoms with van der Waals surface area (Å²) in [6.45, 7) is 0. The van der Waals surface area contributed by atoms with Crippen LogP contribution in [0.1, 0.15) is 28.0 Å². The topological polar surface area (TPSA) is 48.1 Å². The Morgan fingerprint density at radius 3 is 2.45 bits per heavy atom. The monoisotopic (exact) mass is 409 g/mol. The minimum absolute atomic E-state index is 0.0884. The summed E-state index contributed by atoms with van der Waals surface area (Å²) in [5.41, 5.74) is 7.62. The molecule has 1 unspecified atom stereocenters. The lowest BCUT2D eigenvalue weighted by molar-refractivity contribution is 0.102. The second-order valence-corrected chi connectivity index (χ2v) is 8.60. The van der Waals surface area contributed by atoms with Crippen molar-refractivity contribution in [2.75, 3.05) is 19.4 Å². The molecule has 1 atom stereocenters. The normalized spacial score (nSPS) is 15.8. The maximum atomic E-state index is 12.8. The average molecular weight is 410 g/mol. The second-order valence-electron chi connectivity index (χ2n) is 8.60. The van der Waals surface area contributed by atoms with Crippen LogP contribution in [-0.2, 0) is 12.8 Å². The fourth-order valence-electron chi connectivity index (χ4n) is 4.57. The van der Waals surface area contributed by atoms with Gasteiger partial charge in [-0.3, -0.25) is 4.79 Å². The Kier molecular flexibility index (Phi) is 5.08. The van der Waals surface area contributed by atoms with Crippen LogP contribution in [0.3, 0.4) is 0 Å². The van der Waals surface area contributed by atoms with Gasteiger partial charge in [-0.25, -0.2) is 0 Å². The number of fused-ring (bicyclic) bond motifs is 3. The quantitative estimate of drug-likeness (QED) is 0.467. The van der Waals surface area contributed by atoms with Crippen LogP contribution in [0.2, 0.25) is 0 Å². The molecular weight excluding hydrogens is 382 g/mol. The molecule has 156 valence electrons. The number of likely N-dealkylation sites (N-methyl/N-ethyl adjacent to an activating group) is 1. The first-order chi connectivity index (χ1) is 15.1. The van der Waals surface area contributed by atoms with Crippen LogP contribution in [0.25, 0.3) is 22.0 Å². The third-order valence-electron chi connectivity index (χ3n) is 6.40. The lowest BCUT2D eigenvalue weighted by Gasteiger charge is -2.28. The maximum absolute atomic E-state index is 12.8. The van der Waals surface area contributed by atoms with E-state index in [1.807, 2.05) is 48.5 Å². The minimum Gasteiger partial charge on any atom is -0.358 e. The van der Waals surface area contributed by atoms with E-state index in [-0.39, 0.29) is 5.91 Å². The van der Waals surface area contributed by atoms with E-state index in [1.165, 1.54) is 23.1 Å². The number of anilines is 1. The number of nitrogens with zero attached hydrogens (tertiary/aromatic N) is 1. The molecule has 0 radical (unpaired) electrons. The Balaban J connectivity index is 1.37. The lowest BCUT2D eigenvalue weighted by Crippen LogP contribution is -2.33. The van der Waals surface area contributed by atoms with E-state index in [0.717, 1.165) is 35.2 Å². The van der Waals surface area contributed by atoms with Crippen molar-refractivity contribution in [2.45, 2.75) is 25.3 Å². The summed E-state index contributed by atoms with van der Waals surface area (Å²) >= 11 is 0. The van der Waals surface area contributed by atoms with E-state index in [0.29, 0.717) is 11.6 Å². The van der Waals surface area contributed by atoms with Gasteiger partial charge in [-0.2, -0.15) is 0 Å². The number of rotatable bonds is 4. The molecule has 1 aliphatic carbocycles. The third kappa shape index (κ3) is 3.87. The highest BCUT2D eigenvalue weighted by Crippen LogP contribution is 2.32. The van der Waals surface area contributed by atoms with Gasteiger partial charge in [0.05, 0.1) is 0 Å². The molecule has 4 heteroatoms. The molecule has 5 rings (SSSR count). The fourth-order valence-corrected chi connectivity index (χ4v) is 4.57. The SMILES string of the molecule is CN(C)C1CCc2[nH]c3ccc(NC(=O)c4ccc(-c5ccccc5)cc4)cc3c2C1. The molecule has 1 amide bonds. The van der Waals surface area contributed by atoms with Crippen LogP contribution >= 0.6 is 0 Å². The van der Waals surface area contributed by atoms with E-state index in [9.17, 15) is 4.79 Å². The predicted molar refractivity (Wildman–Crippen MR) is 128 cm³/mol. The van der Waals surface area contributed by atoms with Gasteiger partial charge in [0.25, 0.3) is 5.91 Å². The van der Waals surface area contributed by atoms with E-state index in [4.69, 9.17) is 0 Å². The van der Waals surface area contributed by atoms with Crippen LogP contribution in [0, 0.1) is 0 Å². The highest BCUT2D eigenvalue weighted by Gasteiger charge is 2.24. The summed E-state index contributed by atoms with van der Waals surface area (Å²) in [6, 6.07) is 24.7. The molecule has 0 fully saturated rings. The zero-order valence-corrected chi connectivity index (χ0v) is 18.0. The highest BCUT2D eigenvalue weighted by molar-refractivity contribution is 6.05. The van der Waals surface area contributed by atoms with Crippen LogP contribution in [-0.4, -0.2) is 35.9 Å². The molecule has 1 aliphatic rings. The van der Waals surface area contributed by atoms with E-state index in [1.54, 1.807) is 0 Å². The summed E-state index contributed by atoms with van der Waals surface area (Å²) in [5.74, 6) is -0.0884. The van der Waals surface area contributed by atoms with Crippen molar-refractivity contribution in [2.24, 2.45) is 0 Å². The maximum Gasteiger partial charge on any atom is 0.255 e. The molecule has 0 aliphatic heterocycles. The van der Waals surface area contributed by atoms with Gasteiger partial charge in [0.15, 0.2) is 0 Å². The number of hydrogen-bond donors (Lipinski definition) is 2. The van der Waals surface area contributed by atoms with Gasteiger partial charge >= 0.3 is 0 Å². The number of amides is 1. The van der Waals surface area contributed by atoms with Gasteiger partial charge in [0.2, 0.25) is 0 Å². The third-order valence-corrected chi connectivity index (χ3v) is 6.40. The van der Waals surface area contributed by atoms with Crippen molar-refractivity contribution >= 4 is 22.5 Å². The number of hydrogen-bond acceptors (Lipinski definition) is 2. The van der Waals surface area contributed by atoms with E-state index < -0.39 is 0 Å². The molecule has 3 aromatic carbocycles. The summed E-state index contributed by atoms with van der Waals surface area (Å²) in [7, 11) is 4.30. The largest absolute Gasteiger partial charge is 0.358 e. The minimum atomic E-state index is -0.0884. The molecule has 2 N–H and O–H groups in total. The smallest absolute Gasteiger partial charge is 0.255 e. The standard InChI is InChI=1S/C27H27N3O/c1-30(2)22-13-15-26-24(17-22)23-16-21(12-14-25(23)29-26)28-27(31)20-10-8-19(9-11-20)18-6-4-3-5-7-18/h3-12,14,16,22,29H,13,15,17H2,1-2H3,(H,28,31). The summed E-state index contributed by atoms with van der Waals surface area (Å²) in [4.78, 5) is 18.7. The molecule has 0 bridgehead atoms. The molecule has 0 spiro atoms. The Hall–Kier alpha value is -3.37. The molecule has 31 heavy (non-hydrogen) atoms. The Morgan fingerprint density at radius 2 is 1.71 bits per heavy atom. The Labute approximate surface area is 182 Å². The number of aromatic nitrogens is 1. The van der Waals surface area contributed by atoms with Gasteiger partial charge in [-0.1, -0.05) is 42.5 Å². The van der Waals surface area contributed by atoms with Crippen molar-refractivity contribution in [3.63, 3.8) is 0 Å².